The van der Waals surface area contributed by atoms with Crippen LogP contribution in [0.25, 0.3) is 0 Å². The topological polar surface area (TPSA) is 18.5 Å². The Kier molecular flexibility index (Phi) is 11.9. The van der Waals surface area contributed by atoms with E-state index in [2.05, 4.69) is 27.2 Å². The van der Waals surface area contributed by atoms with Crippen molar-refractivity contribution >= 4 is 0 Å². The van der Waals surface area contributed by atoms with Crippen LogP contribution < -0.4 is 9.47 Å². The molecule has 3 aliphatic rings. The minimum atomic E-state index is 0. The molecule has 3 heteroatoms. The third-order valence-electron chi connectivity index (χ3n) is 9.86. The van der Waals surface area contributed by atoms with E-state index in [-0.39, 0.29) is 32.7 Å². The molecule has 0 N–H and O–H groups in total. The van der Waals surface area contributed by atoms with Gasteiger partial charge in [0.1, 0.15) is 11.5 Å². The first-order valence-electron chi connectivity index (χ1n) is 14.5. The van der Waals surface area contributed by atoms with E-state index in [9.17, 15) is 0 Å². The standard InChI is InChI=1S/C32H51O2.Y/c1-22-11-13-26(14-12-22)19-27-15-17-28(18-16-27)20-29-23(2)31(33-4)30(32(34-5)24(29)3)21-25-9-7-6-8-10-25;/h6,22,25-28H,7-21H2,1-5H3;/q-1;. The van der Waals surface area contributed by atoms with Gasteiger partial charge >= 0.3 is 0 Å². The van der Waals surface area contributed by atoms with Gasteiger partial charge in [-0.15, -0.1) is 0 Å². The molecule has 0 amide bonds. The quantitative estimate of drug-likeness (QED) is 0.298. The Hall–Kier alpha value is -0.0761. The van der Waals surface area contributed by atoms with Crippen molar-refractivity contribution in [2.45, 2.75) is 117 Å². The van der Waals surface area contributed by atoms with Gasteiger partial charge in [0.25, 0.3) is 0 Å². The molecule has 1 aromatic carbocycles. The van der Waals surface area contributed by atoms with Crippen LogP contribution in [0.15, 0.2) is 0 Å². The molecule has 0 bridgehead atoms. The summed E-state index contributed by atoms with van der Waals surface area (Å²) in [6.45, 7) is 7.04. The molecule has 195 valence electrons. The molecular weight excluding hydrogens is 505 g/mol. The minimum absolute atomic E-state index is 0. The maximum absolute atomic E-state index is 6.07. The fourth-order valence-electron chi connectivity index (χ4n) is 7.64. The summed E-state index contributed by atoms with van der Waals surface area (Å²) in [7, 11) is 3.71. The van der Waals surface area contributed by atoms with Crippen molar-refractivity contribution in [3.05, 3.63) is 28.7 Å². The second kappa shape index (κ2) is 14.2. The zero-order chi connectivity index (χ0) is 24.1. The number of hydrogen-bond donors (Lipinski definition) is 0. The molecule has 2 nitrogen and oxygen atoms in total. The van der Waals surface area contributed by atoms with E-state index in [1.54, 1.807) is 0 Å². The van der Waals surface area contributed by atoms with Gasteiger partial charge in [0.15, 0.2) is 0 Å². The molecule has 0 unspecified atom stereocenters. The Morgan fingerprint density at radius 1 is 0.629 bits per heavy atom. The molecule has 0 aliphatic heterocycles. The monoisotopic (exact) mass is 556 g/mol. The number of rotatable bonds is 8. The van der Waals surface area contributed by atoms with E-state index < -0.39 is 0 Å². The van der Waals surface area contributed by atoms with Crippen LogP contribution >= 0.6 is 0 Å². The van der Waals surface area contributed by atoms with Gasteiger partial charge in [-0.25, -0.2) is 0 Å². The molecule has 1 radical (unpaired) electrons. The van der Waals surface area contributed by atoms with E-state index in [0.717, 1.165) is 47.5 Å². The zero-order valence-electron chi connectivity index (χ0n) is 23.5. The van der Waals surface area contributed by atoms with Crippen LogP contribution in [0.1, 0.15) is 113 Å². The van der Waals surface area contributed by atoms with Crippen LogP contribution in [-0.4, -0.2) is 14.2 Å². The summed E-state index contributed by atoms with van der Waals surface area (Å²) in [5, 5.41) is 0. The second-order valence-electron chi connectivity index (χ2n) is 12.2. The first-order valence-corrected chi connectivity index (χ1v) is 14.5. The van der Waals surface area contributed by atoms with Crippen molar-refractivity contribution in [3.8, 4) is 11.5 Å². The van der Waals surface area contributed by atoms with Crippen molar-refractivity contribution in [3.63, 3.8) is 0 Å². The Labute approximate surface area is 242 Å². The van der Waals surface area contributed by atoms with Crippen molar-refractivity contribution in [1.29, 1.82) is 0 Å². The van der Waals surface area contributed by atoms with E-state index >= 15 is 0 Å². The van der Waals surface area contributed by atoms with Crippen LogP contribution in [0.5, 0.6) is 11.5 Å². The number of methoxy groups -OCH3 is 2. The summed E-state index contributed by atoms with van der Waals surface area (Å²) in [5.41, 5.74) is 5.56. The second-order valence-corrected chi connectivity index (χ2v) is 12.2. The minimum Gasteiger partial charge on any atom is -0.496 e. The Balaban J connectivity index is 0.00000342. The Morgan fingerprint density at radius 2 is 1.06 bits per heavy atom. The van der Waals surface area contributed by atoms with E-state index in [1.807, 2.05) is 14.2 Å². The van der Waals surface area contributed by atoms with Crippen molar-refractivity contribution in [2.24, 2.45) is 29.6 Å². The maximum Gasteiger partial charge on any atom is 0.128 e. The predicted octanol–water partition coefficient (Wildman–Crippen LogP) is 8.82. The van der Waals surface area contributed by atoms with Gasteiger partial charge in [0.2, 0.25) is 0 Å². The van der Waals surface area contributed by atoms with Gasteiger partial charge in [-0.3, -0.25) is 0 Å². The zero-order valence-corrected chi connectivity index (χ0v) is 26.3. The summed E-state index contributed by atoms with van der Waals surface area (Å²) in [5.74, 6) is 6.75. The average molecular weight is 557 g/mol. The molecule has 0 aromatic heterocycles. The molecule has 3 fully saturated rings. The molecular formula is C32H51O2Y-. The van der Waals surface area contributed by atoms with Crippen LogP contribution in [0.4, 0.5) is 0 Å². The van der Waals surface area contributed by atoms with Crippen molar-refractivity contribution in [2.75, 3.05) is 14.2 Å². The van der Waals surface area contributed by atoms with Crippen molar-refractivity contribution < 1.29 is 42.2 Å². The summed E-state index contributed by atoms with van der Waals surface area (Å²) >= 11 is 0. The molecule has 1 aromatic rings. The van der Waals surface area contributed by atoms with Gasteiger partial charge in [-0.05, 0) is 92.2 Å². The third kappa shape index (κ3) is 7.49. The van der Waals surface area contributed by atoms with Crippen LogP contribution in [0.3, 0.4) is 0 Å². The van der Waals surface area contributed by atoms with Crippen LogP contribution in [0, 0.1) is 49.9 Å². The van der Waals surface area contributed by atoms with Gasteiger partial charge in [0, 0.05) is 38.3 Å². The molecule has 35 heavy (non-hydrogen) atoms. The van der Waals surface area contributed by atoms with Gasteiger partial charge in [-0.1, -0.05) is 58.3 Å². The maximum atomic E-state index is 6.07. The fraction of sp³-hybridized carbons (Fsp3) is 0.781. The van der Waals surface area contributed by atoms with E-state index in [1.165, 1.54) is 112 Å². The number of benzene rings is 1. The molecule has 0 saturated heterocycles. The summed E-state index contributed by atoms with van der Waals surface area (Å²) in [6, 6.07) is 0. The SMILES string of the molecule is COc1c(C)c(CC2CCC(CC3CCC(C)CC3)CC2)c(C)c(OC)c1CC1CC[CH-]CC1.[Y]. The summed E-state index contributed by atoms with van der Waals surface area (Å²) in [6.07, 6.45) is 23.0. The summed E-state index contributed by atoms with van der Waals surface area (Å²) < 4.78 is 12.1. The van der Waals surface area contributed by atoms with Gasteiger partial charge in [0.05, 0.1) is 14.2 Å². The number of hydrogen-bond acceptors (Lipinski definition) is 2. The first kappa shape index (κ1) is 29.5. The molecule has 0 heterocycles. The Morgan fingerprint density at radius 3 is 1.57 bits per heavy atom. The molecule has 0 spiro atoms. The smallest absolute Gasteiger partial charge is 0.128 e. The predicted molar refractivity (Wildman–Crippen MR) is 144 cm³/mol. The van der Waals surface area contributed by atoms with Gasteiger partial charge < -0.3 is 15.9 Å². The van der Waals surface area contributed by atoms with Crippen molar-refractivity contribution in [1.82, 2.24) is 0 Å². The first-order chi connectivity index (χ1) is 16.5. The third-order valence-corrected chi connectivity index (χ3v) is 9.86. The van der Waals surface area contributed by atoms with E-state index in [4.69, 9.17) is 9.47 Å². The van der Waals surface area contributed by atoms with Crippen LogP contribution in [-0.2, 0) is 45.6 Å². The van der Waals surface area contributed by atoms with Gasteiger partial charge in [-0.2, -0.15) is 12.8 Å². The molecule has 3 saturated carbocycles. The molecule has 4 rings (SSSR count). The average Bonchev–Trinajstić information content (AvgIpc) is 2.85. The largest absolute Gasteiger partial charge is 0.496 e. The molecule has 0 atom stereocenters. The normalized spacial score (nSPS) is 27.8. The van der Waals surface area contributed by atoms with Crippen LogP contribution in [0.2, 0.25) is 0 Å². The summed E-state index contributed by atoms with van der Waals surface area (Å²) in [4.78, 5) is 0. The van der Waals surface area contributed by atoms with E-state index in [0.29, 0.717) is 0 Å². The molecule has 3 aliphatic carbocycles. The number of ether oxygens (including phenoxy) is 2. The Bertz CT molecular complexity index is 750. The fourth-order valence-corrected chi connectivity index (χ4v) is 7.64.